The Bertz CT molecular complexity index is 550. The SMILES string of the molecule is COc1nc(OC(C)C)cc(OC(=O)N(C(C)C)C(C)C)c1OC. The zero-order chi connectivity index (χ0) is 18.4. The quantitative estimate of drug-likeness (QED) is 0.756. The molecular weight excluding hydrogens is 312 g/mol. The van der Waals surface area contributed by atoms with Crippen molar-refractivity contribution >= 4 is 6.09 Å². The Hall–Kier alpha value is -2.18. The second-order valence-corrected chi connectivity index (χ2v) is 6.13. The topological polar surface area (TPSA) is 70.1 Å². The molecule has 0 radical (unpaired) electrons. The van der Waals surface area contributed by atoms with E-state index in [4.69, 9.17) is 18.9 Å². The van der Waals surface area contributed by atoms with E-state index >= 15 is 0 Å². The summed E-state index contributed by atoms with van der Waals surface area (Å²) < 4.78 is 21.6. The van der Waals surface area contributed by atoms with Gasteiger partial charge in [0, 0.05) is 18.2 Å². The van der Waals surface area contributed by atoms with Crippen LogP contribution in [0, 0.1) is 0 Å². The van der Waals surface area contributed by atoms with Crippen LogP contribution in [0.15, 0.2) is 6.07 Å². The normalized spacial score (nSPS) is 11.0. The standard InChI is InChI=1S/C17H28N2O5/c1-10(2)19(11(3)4)17(20)24-13-9-14(23-12(5)6)18-16(22-8)15(13)21-7/h9-12H,1-8H3. The molecular formula is C17H28N2O5. The summed E-state index contributed by atoms with van der Waals surface area (Å²) in [5, 5.41) is 0. The second-order valence-electron chi connectivity index (χ2n) is 6.13. The molecule has 0 saturated carbocycles. The van der Waals surface area contributed by atoms with Gasteiger partial charge in [0.25, 0.3) is 5.88 Å². The van der Waals surface area contributed by atoms with Crippen LogP contribution in [0.25, 0.3) is 0 Å². The second kappa shape index (κ2) is 8.61. The van der Waals surface area contributed by atoms with Gasteiger partial charge < -0.3 is 23.8 Å². The first-order valence-corrected chi connectivity index (χ1v) is 8.01. The summed E-state index contributed by atoms with van der Waals surface area (Å²) in [5.74, 6) is 0.941. The van der Waals surface area contributed by atoms with E-state index in [1.165, 1.54) is 20.3 Å². The predicted molar refractivity (Wildman–Crippen MR) is 91.2 cm³/mol. The zero-order valence-electron chi connectivity index (χ0n) is 15.7. The van der Waals surface area contributed by atoms with Crippen molar-refractivity contribution in [1.29, 1.82) is 0 Å². The van der Waals surface area contributed by atoms with Crippen LogP contribution in [0.2, 0.25) is 0 Å². The van der Waals surface area contributed by atoms with E-state index < -0.39 is 6.09 Å². The molecule has 1 heterocycles. The van der Waals surface area contributed by atoms with Gasteiger partial charge in [0.15, 0.2) is 5.75 Å². The van der Waals surface area contributed by atoms with Gasteiger partial charge in [-0.1, -0.05) is 0 Å². The van der Waals surface area contributed by atoms with Gasteiger partial charge in [0.05, 0.1) is 20.3 Å². The van der Waals surface area contributed by atoms with Crippen molar-refractivity contribution in [2.75, 3.05) is 14.2 Å². The van der Waals surface area contributed by atoms with Crippen LogP contribution < -0.4 is 18.9 Å². The van der Waals surface area contributed by atoms with Gasteiger partial charge in [0.1, 0.15) is 0 Å². The molecule has 0 aliphatic rings. The van der Waals surface area contributed by atoms with Crippen molar-refractivity contribution in [3.8, 4) is 23.3 Å². The monoisotopic (exact) mass is 340 g/mol. The van der Waals surface area contributed by atoms with Gasteiger partial charge in [-0.2, -0.15) is 4.98 Å². The Morgan fingerprint density at radius 3 is 2.04 bits per heavy atom. The van der Waals surface area contributed by atoms with Crippen molar-refractivity contribution in [2.24, 2.45) is 0 Å². The lowest BCUT2D eigenvalue weighted by Gasteiger charge is -2.29. The van der Waals surface area contributed by atoms with E-state index in [-0.39, 0.29) is 35.6 Å². The number of rotatable bonds is 7. The lowest BCUT2D eigenvalue weighted by molar-refractivity contribution is 0.121. The minimum absolute atomic E-state index is 0.00129. The number of methoxy groups -OCH3 is 2. The highest BCUT2D eigenvalue weighted by molar-refractivity contribution is 5.73. The Morgan fingerprint density at radius 2 is 1.62 bits per heavy atom. The number of hydrogen-bond acceptors (Lipinski definition) is 6. The molecule has 0 aliphatic heterocycles. The molecule has 136 valence electrons. The molecule has 0 saturated heterocycles. The molecule has 0 aliphatic carbocycles. The number of pyridine rings is 1. The van der Waals surface area contributed by atoms with Crippen molar-refractivity contribution in [1.82, 2.24) is 9.88 Å². The fraction of sp³-hybridized carbons (Fsp3) is 0.647. The number of carbonyl (C=O) groups excluding carboxylic acids is 1. The van der Waals surface area contributed by atoms with Crippen molar-refractivity contribution in [2.45, 2.75) is 59.7 Å². The highest BCUT2D eigenvalue weighted by atomic mass is 16.6. The Kier molecular flexibility index (Phi) is 7.13. The van der Waals surface area contributed by atoms with E-state index in [1.807, 2.05) is 41.5 Å². The number of ether oxygens (including phenoxy) is 4. The van der Waals surface area contributed by atoms with Crippen LogP contribution >= 0.6 is 0 Å². The lowest BCUT2D eigenvalue weighted by Crippen LogP contribution is -2.43. The van der Waals surface area contributed by atoms with Gasteiger partial charge in [-0.25, -0.2) is 4.79 Å². The maximum absolute atomic E-state index is 12.5. The van der Waals surface area contributed by atoms with Gasteiger partial charge in [0.2, 0.25) is 11.6 Å². The molecule has 0 atom stereocenters. The summed E-state index contributed by atoms with van der Waals surface area (Å²) in [5.41, 5.74) is 0. The van der Waals surface area contributed by atoms with E-state index in [0.717, 1.165) is 0 Å². The van der Waals surface area contributed by atoms with Gasteiger partial charge in [-0.15, -0.1) is 0 Å². The van der Waals surface area contributed by atoms with Crippen LogP contribution in [0.4, 0.5) is 4.79 Å². The highest BCUT2D eigenvalue weighted by Gasteiger charge is 2.25. The molecule has 0 aromatic carbocycles. The van der Waals surface area contributed by atoms with Crippen LogP contribution in [-0.4, -0.2) is 48.4 Å². The third-order valence-corrected chi connectivity index (χ3v) is 3.16. The number of aromatic nitrogens is 1. The third-order valence-electron chi connectivity index (χ3n) is 3.16. The van der Waals surface area contributed by atoms with Crippen LogP contribution in [0.1, 0.15) is 41.5 Å². The zero-order valence-corrected chi connectivity index (χ0v) is 15.7. The Balaban J connectivity index is 3.22. The number of amides is 1. The first kappa shape index (κ1) is 19.9. The minimum atomic E-state index is -0.470. The fourth-order valence-corrected chi connectivity index (χ4v) is 2.33. The van der Waals surface area contributed by atoms with Crippen LogP contribution in [-0.2, 0) is 0 Å². The average molecular weight is 340 g/mol. The van der Waals surface area contributed by atoms with Crippen molar-refractivity contribution < 1.29 is 23.7 Å². The van der Waals surface area contributed by atoms with E-state index in [9.17, 15) is 4.79 Å². The summed E-state index contributed by atoms with van der Waals surface area (Å²) in [7, 11) is 2.92. The molecule has 1 rings (SSSR count). The molecule has 24 heavy (non-hydrogen) atoms. The Morgan fingerprint density at radius 1 is 1.04 bits per heavy atom. The Labute approximate surface area is 143 Å². The van der Waals surface area contributed by atoms with Gasteiger partial charge in [-0.05, 0) is 41.5 Å². The molecule has 7 nitrogen and oxygen atoms in total. The summed E-state index contributed by atoms with van der Waals surface area (Å²) in [4.78, 5) is 18.4. The predicted octanol–water partition coefficient (Wildman–Crippen LogP) is 3.50. The maximum Gasteiger partial charge on any atom is 0.415 e. The molecule has 7 heteroatoms. The van der Waals surface area contributed by atoms with E-state index in [2.05, 4.69) is 4.98 Å². The van der Waals surface area contributed by atoms with Gasteiger partial charge in [-0.3, -0.25) is 0 Å². The summed E-state index contributed by atoms with van der Waals surface area (Å²) in [6.45, 7) is 11.5. The van der Waals surface area contributed by atoms with E-state index in [0.29, 0.717) is 5.88 Å². The molecule has 0 bridgehead atoms. The summed E-state index contributed by atoms with van der Waals surface area (Å²) in [6.07, 6.45) is -0.552. The smallest absolute Gasteiger partial charge is 0.415 e. The van der Waals surface area contributed by atoms with E-state index in [1.54, 1.807) is 4.90 Å². The average Bonchev–Trinajstić information content (AvgIpc) is 2.44. The minimum Gasteiger partial charge on any atom is -0.489 e. The summed E-state index contributed by atoms with van der Waals surface area (Å²) in [6, 6.07) is 1.52. The van der Waals surface area contributed by atoms with Crippen molar-refractivity contribution in [3.05, 3.63) is 6.07 Å². The highest BCUT2D eigenvalue weighted by Crippen LogP contribution is 2.39. The largest absolute Gasteiger partial charge is 0.489 e. The number of nitrogens with zero attached hydrogens (tertiary/aromatic N) is 2. The van der Waals surface area contributed by atoms with Crippen LogP contribution in [0.5, 0.6) is 23.3 Å². The van der Waals surface area contributed by atoms with Crippen LogP contribution in [0.3, 0.4) is 0 Å². The lowest BCUT2D eigenvalue weighted by atomic mass is 10.2. The molecule has 1 amide bonds. The maximum atomic E-state index is 12.5. The number of hydrogen-bond donors (Lipinski definition) is 0. The first-order chi connectivity index (χ1) is 11.2. The molecule has 1 aromatic heterocycles. The van der Waals surface area contributed by atoms with Gasteiger partial charge >= 0.3 is 6.09 Å². The number of carbonyl (C=O) groups is 1. The van der Waals surface area contributed by atoms with Crippen molar-refractivity contribution in [3.63, 3.8) is 0 Å². The molecule has 0 spiro atoms. The fourth-order valence-electron chi connectivity index (χ4n) is 2.33. The molecule has 0 fully saturated rings. The summed E-state index contributed by atoms with van der Waals surface area (Å²) >= 11 is 0. The molecule has 1 aromatic rings. The molecule has 0 N–H and O–H groups in total. The first-order valence-electron chi connectivity index (χ1n) is 8.01. The molecule has 0 unspecified atom stereocenters. The third kappa shape index (κ3) is 4.91.